The molecule has 1 aromatic heterocycles. The Hall–Kier alpha value is -1.88. The predicted molar refractivity (Wildman–Crippen MR) is 105 cm³/mol. The lowest BCUT2D eigenvalue weighted by Gasteiger charge is -2.28. The number of amides is 1. The summed E-state index contributed by atoms with van der Waals surface area (Å²) in [5.74, 6) is 0.0391. The largest absolute Gasteiger partial charge is 0.351 e. The number of fused-ring (bicyclic) bond motifs is 1. The molecule has 0 spiro atoms. The van der Waals surface area contributed by atoms with Gasteiger partial charge in [0.05, 0.1) is 5.41 Å². The van der Waals surface area contributed by atoms with Crippen molar-refractivity contribution in [3.05, 3.63) is 67.5 Å². The van der Waals surface area contributed by atoms with Gasteiger partial charge in [-0.15, -0.1) is 0 Å². The van der Waals surface area contributed by atoms with Crippen LogP contribution in [0, 0.1) is 0 Å². The highest BCUT2D eigenvalue weighted by atomic mass is 79.9. The number of halogens is 1. The van der Waals surface area contributed by atoms with Gasteiger partial charge in [-0.1, -0.05) is 40.9 Å². The number of nitrogens with one attached hydrogen (secondary N) is 2. The Morgan fingerprint density at radius 3 is 2.58 bits per heavy atom. The average Bonchev–Trinajstić information content (AvgIpc) is 3.29. The molecule has 2 aromatic rings. The van der Waals surface area contributed by atoms with Gasteiger partial charge in [-0.05, 0) is 61.4 Å². The van der Waals surface area contributed by atoms with Crippen molar-refractivity contribution in [2.45, 2.75) is 56.9 Å². The quantitative estimate of drug-likeness (QED) is 0.799. The van der Waals surface area contributed by atoms with Crippen molar-refractivity contribution >= 4 is 21.8 Å². The first-order chi connectivity index (χ1) is 12.6. The number of aromatic nitrogens is 1. The highest BCUT2D eigenvalue weighted by Crippen LogP contribution is 2.41. The number of benzene rings is 1. The lowest BCUT2D eigenvalue weighted by molar-refractivity contribution is -0.126. The topological polar surface area (TPSA) is 62.0 Å². The van der Waals surface area contributed by atoms with E-state index in [-0.39, 0.29) is 11.5 Å². The summed E-state index contributed by atoms with van der Waals surface area (Å²) < 4.78 is 1.01. The van der Waals surface area contributed by atoms with Gasteiger partial charge >= 0.3 is 0 Å². The van der Waals surface area contributed by atoms with Gasteiger partial charge in [-0.25, -0.2) is 0 Å². The third-order valence-electron chi connectivity index (χ3n) is 5.89. The minimum Gasteiger partial charge on any atom is -0.351 e. The van der Waals surface area contributed by atoms with E-state index >= 15 is 0 Å². The Bertz CT molecular complexity index is 880. The van der Waals surface area contributed by atoms with E-state index in [1.54, 1.807) is 0 Å². The smallest absolute Gasteiger partial charge is 0.253 e. The summed E-state index contributed by atoms with van der Waals surface area (Å²) in [5, 5.41) is 3.06. The minimum atomic E-state index is -0.468. The number of hydrogen-bond donors (Lipinski definition) is 2. The van der Waals surface area contributed by atoms with Gasteiger partial charge in [-0.3, -0.25) is 9.59 Å². The molecule has 4 nitrogen and oxygen atoms in total. The molecular weight excluding hydrogens is 392 g/mol. The van der Waals surface area contributed by atoms with E-state index in [9.17, 15) is 9.59 Å². The van der Waals surface area contributed by atoms with Crippen molar-refractivity contribution < 1.29 is 4.79 Å². The van der Waals surface area contributed by atoms with Crippen LogP contribution in [0.2, 0.25) is 0 Å². The van der Waals surface area contributed by atoms with Crippen molar-refractivity contribution in [2.24, 2.45) is 0 Å². The van der Waals surface area contributed by atoms with Crippen LogP contribution in [0.5, 0.6) is 0 Å². The lowest BCUT2D eigenvalue weighted by Crippen LogP contribution is -2.43. The van der Waals surface area contributed by atoms with E-state index < -0.39 is 5.41 Å². The third-order valence-corrected chi connectivity index (χ3v) is 6.42. The first-order valence-electron chi connectivity index (χ1n) is 9.37. The molecule has 1 heterocycles. The Labute approximate surface area is 161 Å². The maximum Gasteiger partial charge on any atom is 0.253 e. The van der Waals surface area contributed by atoms with Gasteiger partial charge in [0.1, 0.15) is 0 Å². The fourth-order valence-electron chi connectivity index (χ4n) is 4.43. The van der Waals surface area contributed by atoms with E-state index in [0.717, 1.165) is 60.7 Å². The molecule has 1 amide bonds. The monoisotopic (exact) mass is 414 g/mol. The number of aromatic amines is 1. The molecule has 5 heteroatoms. The predicted octanol–water partition coefficient (Wildman–Crippen LogP) is 3.75. The summed E-state index contributed by atoms with van der Waals surface area (Å²) in [7, 11) is 0. The maximum absolute atomic E-state index is 13.1. The number of hydrogen-bond acceptors (Lipinski definition) is 2. The van der Waals surface area contributed by atoms with Crippen LogP contribution in [0.25, 0.3) is 0 Å². The highest BCUT2D eigenvalue weighted by Gasteiger charge is 2.42. The molecule has 4 rings (SSSR count). The first-order valence-corrected chi connectivity index (χ1v) is 10.2. The van der Waals surface area contributed by atoms with Crippen LogP contribution in [0.1, 0.15) is 54.5 Å². The summed E-state index contributed by atoms with van der Waals surface area (Å²) in [4.78, 5) is 28.4. The van der Waals surface area contributed by atoms with Crippen molar-refractivity contribution in [1.29, 1.82) is 0 Å². The molecule has 1 fully saturated rings. The molecule has 2 aliphatic rings. The summed E-state index contributed by atoms with van der Waals surface area (Å²) in [5.41, 5.74) is 3.46. The summed E-state index contributed by atoms with van der Waals surface area (Å²) >= 11 is 3.46. The van der Waals surface area contributed by atoms with Crippen molar-refractivity contribution in [3.63, 3.8) is 0 Å². The maximum atomic E-state index is 13.1. The summed E-state index contributed by atoms with van der Waals surface area (Å²) in [6.45, 7) is 0.291. The van der Waals surface area contributed by atoms with Crippen LogP contribution < -0.4 is 10.9 Å². The van der Waals surface area contributed by atoms with Crippen molar-refractivity contribution in [2.75, 3.05) is 0 Å². The number of H-pyrrole nitrogens is 1. The molecule has 136 valence electrons. The number of aryl methyl sites for hydroxylation is 2. The number of carbonyl (C=O) groups is 1. The highest BCUT2D eigenvalue weighted by molar-refractivity contribution is 9.10. The van der Waals surface area contributed by atoms with E-state index in [1.165, 1.54) is 5.56 Å². The standard InChI is InChI=1S/C21H23BrN2O2/c22-17-8-6-16(7-9-17)21(10-1-2-11-21)20(26)23-13-15-12-14-4-3-5-18(14)24-19(15)25/h6-9,12H,1-5,10-11,13H2,(H,23,26)(H,24,25). The van der Waals surface area contributed by atoms with Gasteiger partial charge in [-0.2, -0.15) is 0 Å². The van der Waals surface area contributed by atoms with Gasteiger partial charge < -0.3 is 10.3 Å². The average molecular weight is 415 g/mol. The molecule has 2 aliphatic carbocycles. The second-order valence-electron chi connectivity index (χ2n) is 7.46. The first kappa shape index (κ1) is 17.5. The summed E-state index contributed by atoms with van der Waals surface area (Å²) in [6, 6.07) is 10.0. The molecule has 0 saturated heterocycles. The van der Waals surface area contributed by atoms with Crippen molar-refractivity contribution in [3.8, 4) is 0 Å². The Balaban J connectivity index is 1.55. The third kappa shape index (κ3) is 3.13. The van der Waals surface area contributed by atoms with Gasteiger partial charge in [0.25, 0.3) is 5.56 Å². The number of rotatable bonds is 4. The van der Waals surface area contributed by atoms with Crippen LogP contribution in [0.4, 0.5) is 0 Å². The van der Waals surface area contributed by atoms with Gasteiger partial charge in [0.2, 0.25) is 5.91 Å². The molecule has 26 heavy (non-hydrogen) atoms. The van der Waals surface area contributed by atoms with Crippen LogP contribution in [-0.4, -0.2) is 10.9 Å². The Morgan fingerprint density at radius 2 is 1.85 bits per heavy atom. The normalized spacial score (nSPS) is 17.9. The van der Waals surface area contributed by atoms with Crippen molar-refractivity contribution in [1.82, 2.24) is 10.3 Å². The molecule has 0 radical (unpaired) electrons. The fourth-order valence-corrected chi connectivity index (χ4v) is 4.70. The van der Waals surface area contributed by atoms with E-state index in [0.29, 0.717) is 12.1 Å². The molecule has 0 bridgehead atoms. The van der Waals surface area contributed by atoms with Crippen LogP contribution >= 0.6 is 15.9 Å². The van der Waals surface area contributed by atoms with Crippen LogP contribution in [0.15, 0.2) is 39.6 Å². The fraction of sp³-hybridized carbons (Fsp3) is 0.429. The number of carbonyl (C=O) groups excluding carboxylic acids is 1. The number of pyridine rings is 1. The molecule has 2 N–H and O–H groups in total. The molecule has 0 unspecified atom stereocenters. The molecular formula is C21H23BrN2O2. The Morgan fingerprint density at radius 1 is 1.12 bits per heavy atom. The zero-order valence-electron chi connectivity index (χ0n) is 14.7. The van der Waals surface area contributed by atoms with Gasteiger partial charge in [0.15, 0.2) is 0 Å². The van der Waals surface area contributed by atoms with Crippen LogP contribution in [0.3, 0.4) is 0 Å². The lowest BCUT2D eigenvalue weighted by atomic mass is 9.78. The van der Waals surface area contributed by atoms with Gasteiger partial charge in [0, 0.05) is 22.3 Å². The van der Waals surface area contributed by atoms with Crippen LogP contribution in [-0.2, 0) is 29.6 Å². The SMILES string of the molecule is O=C(NCc1cc2c([nH]c1=O)CCC2)C1(c2ccc(Br)cc2)CCCC1. The molecule has 1 aromatic carbocycles. The zero-order chi connectivity index (χ0) is 18.1. The molecule has 0 atom stereocenters. The minimum absolute atomic E-state index is 0.0391. The second-order valence-corrected chi connectivity index (χ2v) is 8.38. The van der Waals surface area contributed by atoms with E-state index in [4.69, 9.17) is 0 Å². The van der Waals surface area contributed by atoms with E-state index in [1.807, 2.05) is 30.3 Å². The molecule has 0 aliphatic heterocycles. The second kappa shape index (κ2) is 7.03. The Kier molecular flexibility index (Phi) is 4.74. The summed E-state index contributed by atoms with van der Waals surface area (Å²) in [6.07, 6.45) is 6.89. The molecule has 1 saturated carbocycles. The van der Waals surface area contributed by atoms with E-state index in [2.05, 4.69) is 26.2 Å². The zero-order valence-corrected chi connectivity index (χ0v) is 16.3.